The van der Waals surface area contributed by atoms with Crippen LogP contribution >= 0.6 is 24.0 Å². The Labute approximate surface area is 180 Å². The fourth-order valence-corrected chi connectivity index (χ4v) is 2.82. The van der Waals surface area contributed by atoms with E-state index in [-0.39, 0.29) is 42.1 Å². The Balaban J connectivity index is 0.00000676. The molecule has 1 fully saturated rings. The summed E-state index contributed by atoms with van der Waals surface area (Å²) in [6, 6.07) is 0. The van der Waals surface area contributed by atoms with Gasteiger partial charge in [0, 0.05) is 51.9 Å². The second kappa shape index (κ2) is 12.6. The molecule has 1 rings (SSSR count). The summed E-state index contributed by atoms with van der Waals surface area (Å²) in [4.78, 5) is 18.0. The summed E-state index contributed by atoms with van der Waals surface area (Å²) in [7, 11) is 1.71. The normalized spacial score (nSPS) is 20.0. The summed E-state index contributed by atoms with van der Waals surface area (Å²) < 4.78 is 10.9. The van der Waals surface area contributed by atoms with E-state index in [4.69, 9.17) is 9.47 Å². The van der Waals surface area contributed by atoms with Crippen molar-refractivity contribution in [2.75, 3.05) is 53.0 Å². The van der Waals surface area contributed by atoms with Gasteiger partial charge in [0.15, 0.2) is 5.96 Å². The van der Waals surface area contributed by atoms with Gasteiger partial charge in [0.25, 0.3) is 0 Å². The molecule has 1 atom stereocenters. The van der Waals surface area contributed by atoms with Crippen LogP contribution in [-0.4, -0.2) is 80.7 Å². The number of aliphatic hydroxyl groups is 1. The van der Waals surface area contributed by atoms with Crippen molar-refractivity contribution >= 4 is 36.0 Å². The van der Waals surface area contributed by atoms with Crippen LogP contribution < -0.4 is 10.6 Å². The minimum atomic E-state index is -0.500. The summed E-state index contributed by atoms with van der Waals surface area (Å²) in [6.45, 7) is 11.4. The largest absolute Gasteiger partial charge is 0.444 e. The van der Waals surface area contributed by atoms with Crippen molar-refractivity contribution < 1.29 is 19.4 Å². The highest BCUT2D eigenvalue weighted by Gasteiger charge is 2.34. The van der Waals surface area contributed by atoms with Crippen molar-refractivity contribution in [1.29, 1.82) is 0 Å². The molecule has 1 aliphatic rings. The maximum atomic E-state index is 12.1. The van der Waals surface area contributed by atoms with Crippen molar-refractivity contribution in [3.63, 3.8) is 0 Å². The summed E-state index contributed by atoms with van der Waals surface area (Å²) in [5.74, 6) is 0.675. The number of rotatable bonds is 8. The van der Waals surface area contributed by atoms with Gasteiger partial charge in [-0.15, -0.1) is 24.0 Å². The highest BCUT2D eigenvalue weighted by molar-refractivity contribution is 14.0. The van der Waals surface area contributed by atoms with E-state index < -0.39 is 5.60 Å². The van der Waals surface area contributed by atoms with Gasteiger partial charge in [-0.3, -0.25) is 4.99 Å². The fourth-order valence-electron chi connectivity index (χ4n) is 2.82. The maximum Gasteiger partial charge on any atom is 0.410 e. The number of likely N-dealkylation sites (N-methyl/N-ethyl adjacent to an activating group) is 1. The van der Waals surface area contributed by atoms with Crippen LogP contribution in [-0.2, 0) is 9.47 Å². The summed E-state index contributed by atoms with van der Waals surface area (Å²) >= 11 is 0. The Kier molecular flexibility index (Phi) is 12.2. The average Bonchev–Trinajstić information content (AvgIpc) is 3.02. The Morgan fingerprint density at radius 2 is 2.07 bits per heavy atom. The SMILES string of the molecule is CCN(CCNC(=NC)NCC1(CCO)CCOC1)C(=O)OC(C)(C)C.I. The van der Waals surface area contributed by atoms with Crippen LogP contribution in [0.4, 0.5) is 4.79 Å². The monoisotopic (exact) mass is 500 g/mol. The molecule has 1 saturated heterocycles. The first-order chi connectivity index (χ1) is 12.2. The first kappa shape index (κ1) is 26.2. The molecule has 8 nitrogen and oxygen atoms in total. The third kappa shape index (κ3) is 9.79. The minimum Gasteiger partial charge on any atom is -0.444 e. The van der Waals surface area contributed by atoms with E-state index in [0.717, 1.165) is 13.0 Å². The molecule has 0 radical (unpaired) electrons. The zero-order valence-electron chi connectivity index (χ0n) is 17.3. The number of amides is 1. The number of hydrogen-bond donors (Lipinski definition) is 3. The number of nitrogens with one attached hydrogen (secondary N) is 2. The van der Waals surface area contributed by atoms with Gasteiger partial charge in [-0.05, 0) is 40.5 Å². The number of ether oxygens (including phenoxy) is 2. The molecule has 1 amide bonds. The molecule has 3 N–H and O–H groups in total. The number of carbonyl (C=O) groups excluding carboxylic acids is 1. The minimum absolute atomic E-state index is 0. The van der Waals surface area contributed by atoms with Crippen molar-refractivity contribution in [3.8, 4) is 0 Å². The van der Waals surface area contributed by atoms with E-state index in [1.165, 1.54) is 0 Å². The fraction of sp³-hybridized carbons (Fsp3) is 0.889. The van der Waals surface area contributed by atoms with Gasteiger partial charge < -0.3 is 30.1 Å². The van der Waals surface area contributed by atoms with Gasteiger partial charge in [0.1, 0.15) is 5.60 Å². The van der Waals surface area contributed by atoms with E-state index in [9.17, 15) is 9.90 Å². The summed E-state index contributed by atoms with van der Waals surface area (Å²) in [5, 5.41) is 15.8. The number of guanidine groups is 1. The van der Waals surface area contributed by atoms with E-state index in [1.807, 2.05) is 27.7 Å². The zero-order valence-corrected chi connectivity index (χ0v) is 19.7. The number of hydrogen-bond acceptors (Lipinski definition) is 5. The molecule has 0 aromatic heterocycles. The number of aliphatic hydroxyl groups excluding tert-OH is 1. The highest BCUT2D eigenvalue weighted by atomic mass is 127. The first-order valence-electron chi connectivity index (χ1n) is 9.36. The van der Waals surface area contributed by atoms with Crippen molar-refractivity contribution in [2.45, 2.75) is 46.1 Å². The predicted octanol–water partition coefficient (Wildman–Crippen LogP) is 1.82. The van der Waals surface area contributed by atoms with Crippen molar-refractivity contribution in [3.05, 3.63) is 0 Å². The number of aliphatic imine (C=N–C) groups is 1. The topological polar surface area (TPSA) is 95.4 Å². The van der Waals surface area contributed by atoms with E-state index in [2.05, 4.69) is 15.6 Å². The number of nitrogens with zero attached hydrogens (tertiary/aromatic N) is 2. The maximum absolute atomic E-state index is 12.1. The molecule has 0 aromatic rings. The lowest BCUT2D eigenvalue weighted by molar-refractivity contribution is 0.0264. The number of carbonyl (C=O) groups is 1. The smallest absolute Gasteiger partial charge is 0.410 e. The van der Waals surface area contributed by atoms with Crippen molar-refractivity contribution in [1.82, 2.24) is 15.5 Å². The Morgan fingerprint density at radius 3 is 2.56 bits per heavy atom. The molecule has 0 aromatic carbocycles. The van der Waals surface area contributed by atoms with Gasteiger partial charge in [-0.1, -0.05) is 0 Å². The average molecular weight is 500 g/mol. The quantitative estimate of drug-likeness (QED) is 0.268. The molecule has 1 unspecified atom stereocenters. The second-order valence-corrected chi connectivity index (χ2v) is 7.69. The molecule has 0 spiro atoms. The lowest BCUT2D eigenvalue weighted by Crippen LogP contribution is -2.47. The Bertz CT molecular complexity index is 463. The molecular weight excluding hydrogens is 463 g/mol. The first-order valence-corrected chi connectivity index (χ1v) is 9.36. The molecule has 1 aliphatic heterocycles. The van der Waals surface area contributed by atoms with Crippen LogP contribution in [0, 0.1) is 5.41 Å². The van der Waals surface area contributed by atoms with Gasteiger partial charge in [-0.2, -0.15) is 0 Å². The van der Waals surface area contributed by atoms with Crippen LogP contribution in [0.3, 0.4) is 0 Å². The van der Waals surface area contributed by atoms with E-state index in [0.29, 0.717) is 45.2 Å². The van der Waals surface area contributed by atoms with Gasteiger partial charge in [-0.25, -0.2) is 4.79 Å². The summed E-state index contributed by atoms with van der Waals surface area (Å²) in [5.41, 5.74) is -0.543. The number of halogens is 1. The predicted molar refractivity (Wildman–Crippen MR) is 118 cm³/mol. The molecule has 1 heterocycles. The molecule has 27 heavy (non-hydrogen) atoms. The van der Waals surface area contributed by atoms with Crippen LogP contribution in [0.5, 0.6) is 0 Å². The lowest BCUT2D eigenvalue weighted by atomic mass is 9.84. The zero-order chi connectivity index (χ0) is 19.6. The lowest BCUT2D eigenvalue weighted by Gasteiger charge is -2.28. The molecule has 0 aliphatic carbocycles. The summed E-state index contributed by atoms with van der Waals surface area (Å²) in [6.07, 6.45) is 1.33. The highest BCUT2D eigenvalue weighted by Crippen LogP contribution is 2.31. The molecular formula is C18H37IN4O4. The molecule has 9 heteroatoms. The van der Waals surface area contributed by atoms with Crippen LogP contribution in [0.15, 0.2) is 4.99 Å². The third-order valence-electron chi connectivity index (χ3n) is 4.39. The van der Waals surface area contributed by atoms with Crippen LogP contribution in [0.2, 0.25) is 0 Å². The van der Waals surface area contributed by atoms with Crippen LogP contribution in [0.1, 0.15) is 40.5 Å². The Hall–Kier alpha value is -0.810. The van der Waals surface area contributed by atoms with E-state index >= 15 is 0 Å². The van der Waals surface area contributed by atoms with Gasteiger partial charge in [0.2, 0.25) is 0 Å². The molecule has 160 valence electrons. The van der Waals surface area contributed by atoms with E-state index in [1.54, 1.807) is 11.9 Å². The van der Waals surface area contributed by atoms with Crippen LogP contribution in [0.25, 0.3) is 0 Å². The van der Waals surface area contributed by atoms with Gasteiger partial charge >= 0.3 is 6.09 Å². The standard InChI is InChI=1S/C18H36N4O4.HI/c1-6-22(16(24)26-17(2,3)4)10-9-20-15(19-5)21-13-18(7-11-23)8-12-25-14-18;/h23H,6-14H2,1-5H3,(H2,19,20,21);1H. The van der Waals surface area contributed by atoms with Gasteiger partial charge in [0.05, 0.1) is 6.61 Å². The third-order valence-corrected chi connectivity index (χ3v) is 4.39. The Morgan fingerprint density at radius 1 is 1.37 bits per heavy atom. The molecule has 0 bridgehead atoms. The van der Waals surface area contributed by atoms with Crippen molar-refractivity contribution in [2.24, 2.45) is 10.4 Å². The second-order valence-electron chi connectivity index (χ2n) is 7.69. The molecule has 0 saturated carbocycles.